The van der Waals surface area contributed by atoms with E-state index >= 15 is 0 Å². The summed E-state index contributed by atoms with van der Waals surface area (Å²) in [5, 5.41) is 2.92. The molecule has 2 amide bonds. The summed E-state index contributed by atoms with van der Waals surface area (Å²) in [7, 11) is 1.80. The van der Waals surface area contributed by atoms with Crippen LogP contribution in [0.2, 0.25) is 0 Å². The number of carbonyl (C=O) groups excluding carboxylic acids is 2. The van der Waals surface area contributed by atoms with Gasteiger partial charge in [-0.15, -0.1) is 0 Å². The van der Waals surface area contributed by atoms with Gasteiger partial charge in [0.25, 0.3) is 0 Å². The summed E-state index contributed by atoms with van der Waals surface area (Å²) in [5.41, 5.74) is 1.85. The predicted octanol–water partition coefficient (Wildman–Crippen LogP) is 2.51. The molecule has 0 radical (unpaired) electrons. The Kier molecular flexibility index (Phi) is 7.75. The average molecular weight is 319 g/mol. The topological polar surface area (TPSA) is 52.7 Å². The molecule has 1 rings (SSSR count). The summed E-state index contributed by atoms with van der Waals surface area (Å²) in [4.78, 5) is 28.1. The number of likely N-dealkylation sites (N-methyl/N-ethyl adjacent to an activating group) is 1. The van der Waals surface area contributed by atoms with Crippen molar-refractivity contribution >= 4 is 17.5 Å². The Labute approximate surface area is 139 Å². The van der Waals surface area contributed by atoms with Crippen molar-refractivity contribution in [1.82, 2.24) is 9.80 Å². The molecule has 0 saturated carbocycles. The Bertz CT molecular complexity index is 529. The highest BCUT2D eigenvalue weighted by Crippen LogP contribution is 2.13. The molecular formula is C18H29N3O2. The van der Waals surface area contributed by atoms with E-state index < -0.39 is 0 Å². The number of carbonyl (C=O) groups is 2. The molecule has 0 saturated heterocycles. The standard InChI is InChI=1S/C18H29N3O2/c1-6-11-21(13-18(23)20(5)14(2)3)12-17(22)19-16-10-8-7-9-15(16)4/h7-10,14H,6,11-13H2,1-5H3,(H,19,22). The molecule has 0 aromatic heterocycles. The van der Waals surface area contributed by atoms with Crippen LogP contribution in [0.1, 0.15) is 32.8 Å². The molecule has 0 atom stereocenters. The number of para-hydroxylation sites is 1. The minimum absolute atomic E-state index is 0.0390. The molecule has 1 aromatic rings. The quantitative estimate of drug-likeness (QED) is 0.801. The summed E-state index contributed by atoms with van der Waals surface area (Å²) in [5.74, 6) is -0.0510. The SMILES string of the molecule is CCCN(CC(=O)Nc1ccccc1C)CC(=O)N(C)C(C)C. The molecule has 0 unspecified atom stereocenters. The van der Waals surface area contributed by atoms with Crippen LogP contribution in [0.4, 0.5) is 5.69 Å². The van der Waals surface area contributed by atoms with E-state index in [9.17, 15) is 9.59 Å². The fraction of sp³-hybridized carbons (Fsp3) is 0.556. The van der Waals surface area contributed by atoms with Crippen molar-refractivity contribution in [2.24, 2.45) is 0 Å². The highest BCUT2D eigenvalue weighted by atomic mass is 16.2. The molecule has 1 N–H and O–H groups in total. The number of nitrogens with one attached hydrogen (secondary N) is 1. The average Bonchev–Trinajstić information content (AvgIpc) is 2.48. The number of anilines is 1. The van der Waals surface area contributed by atoms with Crippen molar-refractivity contribution in [3.8, 4) is 0 Å². The Hall–Kier alpha value is -1.88. The molecule has 5 heteroatoms. The van der Waals surface area contributed by atoms with Crippen LogP contribution in [0.25, 0.3) is 0 Å². The van der Waals surface area contributed by atoms with E-state index in [1.807, 2.05) is 56.9 Å². The first-order chi connectivity index (χ1) is 10.8. The Morgan fingerprint density at radius 3 is 2.39 bits per heavy atom. The molecule has 0 spiro atoms. The van der Waals surface area contributed by atoms with Crippen LogP contribution in [-0.2, 0) is 9.59 Å². The van der Waals surface area contributed by atoms with E-state index in [1.54, 1.807) is 11.9 Å². The predicted molar refractivity (Wildman–Crippen MR) is 94.4 cm³/mol. The third-order valence-electron chi connectivity index (χ3n) is 3.85. The summed E-state index contributed by atoms with van der Waals surface area (Å²) in [6.45, 7) is 9.17. The molecule has 1 aromatic carbocycles. The molecule has 5 nitrogen and oxygen atoms in total. The van der Waals surface area contributed by atoms with Gasteiger partial charge in [0.15, 0.2) is 0 Å². The van der Waals surface area contributed by atoms with Gasteiger partial charge in [0, 0.05) is 18.8 Å². The Morgan fingerprint density at radius 2 is 1.83 bits per heavy atom. The van der Waals surface area contributed by atoms with Crippen LogP contribution in [0.15, 0.2) is 24.3 Å². The van der Waals surface area contributed by atoms with Crippen molar-refractivity contribution in [3.63, 3.8) is 0 Å². The van der Waals surface area contributed by atoms with Crippen LogP contribution in [-0.4, -0.2) is 54.3 Å². The van der Waals surface area contributed by atoms with E-state index in [4.69, 9.17) is 0 Å². The minimum atomic E-state index is -0.0900. The van der Waals surface area contributed by atoms with Gasteiger partial charge in [-0.3, -0.25) is 14.5 Å². The van der Waals surface area contributed by atoms with Gasteiger partial charge in [-0.25, -0.2) is 0 Å². The van der Waals surface area contributed by atoms with Crippen LogP contribution >= 0.6 is 0 Å². The number of rotatable bonds is 8. The maximum absolute atomic E-state index is 12.3. The minimum Gasteiger partial charge on any atom is -0.342 e. The van der Waals surface area contributed by atoms with Crippen LogP contribution in [0, 0.1) is 6.92 Å². The zero-order valence-corrected chi connectivity index (χ0v) is 14.9. The lowest BCUT2D eigenvalue weighted by molar-refractivity contribution is -0.133. The Morgan fingerprint density at radius 1 is 1.17 bits per heavy atom. The van der Waals surface area contributed by atoms with E-state index in [1.165, 1.54) is 0 Å². The van der Waals surface area contributed by atoms with Gasteiger partial charge in [0.1, 0.15) is 0 Å². The first kappa shape index (κ1) is 19.2. The zero-order chi connectivity index (χ0) is 17.4. The molecule has 0 heterocycles. The normalized spacial score (nSPS) is 10.9. The van der Waals surface area contributed by atoms with Gasteiger partial charge in [-0.2, -0.15) is 0 Å². The number of hydrogen-bond acceptors (Lipinski definition) is 3. The maximum Gasteiger partial charge on any atom is 0.238 e. The van der Waals surface area contributed by atoms with Gasteiger partial charge in [-0.1, -0.05) is 25.1 Å². The molecule has 128 valence electrons. The lowest BCUT2D eigenvalue weighted by atomic mass is 10.2. The van der Waals surface area contributed by atoms with Crippen molar-refractivity contribution < 1.29 is 9.59 Å². The van der Waals surface area contributed by atoms with E-state index in [0.29, 0.717) is 0 Å². The fourth-order valence-corrected chi connectivity index (χ4v) is 2.23. The fourth-order valence-electron chi connectivity index (χ4n) is 2.23. The third-order valence-corrected chi connectivity index (χ3v) is 3.85. The van der Waals surface area contributed by atoms with Crippen LogP contribution in [0.5, 0.6) is 0 Å². The van der Waals surface area contributed by atoms with Crippen molar-refractivity contribution in [2.45, 2.75) is 40.2 Å². The lowest BCUT2D eigenvalue weighted by Gasteiger charge is -2.26. The lowest BCUT2D eigenvalue weighted by Crippen LogP contribution is -2.44. The highest BCUT2D eigenvalue weighted by Gasteiger charge is 2.18. The van der Waals surface area contributed by atoms with Gasteiger partial charge in [-0.05, 0) is 45.4 Å². The van der Waals surface area contributed by atoms with Crippen molar-refractivity contribution in [1.29, 1.82) is 0 Å². The van der Waals surface area contributed by atoms with Gasteiger partial charge >= 0.3 is 0 Å². The molecular weight excluding hydrogens is 290 g/mol. The number of hydrogen-bond donors (Lipinski definition) is 1. The summed E-state index contributed by atoms with van der Waals surface area (Å²) in [6, 6.07) is 7.84. The maximum atomic E-state index is 12.3. The molecule has 23 heavy (non-hydrogen) atoms. The second-order valence-corrected chi connectivity index (χ2v) is 6.17. The molecule has 0 fully saturated rings. The third kappa shape index (κ3) is 6.40. The van der Waals surface area contributed by atoms with Gasteiger partial charge in [0.2, 0.25) is 11.8 Å². The van der Waals surface area contributed by atoms with Gasteiger partial charge in [0.05, 0.1) is 13.1 Å². The molecule has 0 aliphatic rings. The first-order valence-electron chi connectivity index (χ1n) is 8.18. The number of benzene rings is 1. The zero-order valence-electron chi connectivity index (χ0n) is 14.9. The summed E-state index contributed by atoms with van der Waals surface area (Å²) >= 11 is 0. The monoisotopic (exact) mass is 319 g/mol. The number of aryl methyl sites for hydroxylation is 1. The number of amides is 2. The van der Waals surface area contributed by atoms with E-state index in [0.717, 1.165) is 24.2 Å². The first-order valence-corrected chi connectivity index (χ1v) is 8.18. The Balaban J connectivity index is 2.63. The second kappa shape index (κ2) is 9.30. The summed E-state index contributed by atoms with van der Waals surface area (Å²) < 4.78 is 0. The largest absolute Gasteiger partial charge is 0.342 e. The second-order valence-electron chi connectivity index (χ2n) is 6.17. The summed E-state index contributed by atoms with van der Waals surface area (Å²) in [6.07, 6.45) is 0.899. The van der Waals surface area contributed by atoms with E-state index in [2.05, 4.69) is 5.32 Å². The molecule has 0 aliphatic heterocycles. The smallest absolute Gasteiger partial charge is 0.238 e. The molecule has 0 aliphatic carbocycles. The van der Waals surface area contributed by atoms with Crippen molar-refractivity contribution in [3.05, 3.63) is 29.8 Å². The highest BCUT2D eigenvalue weighted by molar-refractivity contribution is 5.93. The van der Waals surface area contributed by atoms with Crippen LogP contribution in [0.3, 0.4) is 0 Å². The van der Waals surface area contributed by atoms with E-state index in [-0.39, 0.29) is 30.9 Å². The van der Waals surface area contributed by atoms with Crippen LogP contribution < -0.4 is 5.32 Å². The number of nitrogens with zero attached hydrogens (tertiary/aromatic N) is 2. The van der Waals surface area contributed by atoms with Crippen molar-refractivity contribution in [2.75, 3.05) is 32.0 Å². The molecule has 0 bridgehead atoms. The van der Waals surface area contributed by atoms with Gasteiger partial charge < -0.3 is 10.2 Å².